The molecule has 0 saturated carbocycles. The van der Waals surface area contributed by atoms with Crippen LogP contribution in [0.5, 0.6) is 0 Å². The lowest BCUT2D eigenvalue weighted by Gasteiger charge is -2.14. The Morgan fingerprint density at radius 2 is 1.88 bits per heavy atom. The molecule has 0 aliphatic rings. The number of imide groups is 1. The molecule has 3 aromatic rings. The van der Waals surface area contributed by atoms with Crippen molar-refractivity contribution in [2.75, 3.05) is 7.05 Å². The predicted octanol–water partition coefficient (Wildman–Crippen LogP) is 2.03. The van der Waals surface area contributed by atoms with Crippen molar-refractivity contribution in [2.24, 2.45) is 0 Å². The Kier molecular flexibility index (Phi) is 5.17. The van der Waals surface area contributed by atoms with Gasteiger partial charge in [-0.1, -0.05) is 42.1 Å². The van der Waals surface area contributed by atoms with Crippen molar-refractivity contribution in [1.82, 2.24) is 30.2 Å². The summed E-state index contributed by atoms with van der Waals surface area (Å²) in [5.74, 6) is 0.0313. The lowest BCUT2D eigenvalue weighted by atomic mass is 10.1. The molecule has 2 N–H and O–H groups in total. The molecule has 8 nitrogen and oxygen atoms in total. The second-order valence-corrected chi connectivity index (χ2v) is 6.69. The maximum absolute atomic E-state index is 12.6. The summed E-state index contributed by atoms with van der Waals surface area (Å²) in [5.41, 5.74) is 2.49. The number of carbonyl (C=O) groups excluding carboxylic acids is 2. The summed E-state index contributed by atoms with van der Waals surface area (Å²) in [7, 11) is 1.45. The van der Waals surface area contributed by atoms with Gasteiger partial charge in [-0.2, -0.15) is 4.98 Å². The summed E-state index contributed by atoms with van der Waals surface area (Å²) in [5, 5.41) is 8.85. The van der Waals surface area contributed by atoms with Crippen molar-refractivity contribution in [3.05, 3.63) is 53.3 Å². The third-order valence-electron chi connectivity index (χ3n) is 3.63. The maximum atomic E-state index is 12.6. The van der Waals surface area contributed by atoms with Crippen molar-refractivity contribution in [1.29, 1.82) is 0 Å². The highest BCUT2D eigenvalue weighted by atomic mass is 32.2. The van der Waals surface area contributed by atoms with E-state index in [1.165, 1.54) is 18.8 Å². The zero-order valence-corrected chi connectivity index (χ0v) is 15.4. The second kappa shape index (κ2) is 7.52. The molecular weight excluding hydrogens is 352 g/mol. The molecule has 0 aliphatic carbocycles. The fourth-order valence-electron chi connectivity index (χ4n) is 2.44. The highest BCUT2D eigenvalue weighted by molar-refractivity contribution is 8.00. The molecule has 0 saturated heterocycles. The Bertz CT molecular complexity index is 957. The molecule has 0 fully saturated rings. The summed E-state index contributed by atoms with van der Waals surface area (Å²) in [6.45, 7) is 3.80. The van der Waals surface area contributed by atoms with Gasteiger partial charge in [-0.15, -0.1) is 5.10 Å². The first kappa shape index (κ1) is 17.9. The van der Waals surface area contributed by atoms with Crippen LogP contribution in [-0.2, 0) is 4.79 Å². The van der Waals surface area contributed by atoms with Gasteiger partial charge in [0.25, 0.3) is 5.78 Å². The number of amides is 3. The monoisotopic (exact) mass is 370 g/mol. The summed E-state index contributed by atoms with van der Waals surface area (Å²) in [4.78, 5) is 32.9. The summed E-state index contributed by atoms with van der Waals surface area (Å²) >= 11 is 1.17. The molecule has 1 atom stereocenters. The number of nitrogens with one attached hydrogen (secondary N) is 2. The minimum Gasteiger partial charge on any atom is -0.341 e. The third-order valence-corrected chi connectivity index (χ3v) is 4.73. The van der Waals surface area contributed by atoms with Crippen LogP contribution in [0, 0.1) is 13.8 Å². The van der Waals surface area contributed by atoms with E-state index in [0.717, 1.165) is 17.0 Å². The van der Waals surface area contributed by atoms with Crippen LogP contribution in [0.15, 0.2) is 41.6 Å². The quantitative estimate of drug-likeness (QED) is 0.682. The number of thioether (sulfide) groups is 1. The number of benzene rings is 1. The number of aromatic nitrogens is 4. The van der Waals surface area contributed by atoms with E-state index in [-0.39, 0.29) is 0 Å². The number of carbonyl (C=O) groups is 2. The number of hydrogen-bond acceptors (Lipinski definition) is 6. The number of rotatable bonds is 4. The van der Waals surface area contributed by atoms with Crippen molar-refractivity contribution in [2.45, 2.75) is 24.3 Å². The van der Waals surface area contributed by atoms with E-state index in [4.69, 9.17) is 0 Å². The fraction of sp³-hybridized carbons (Fsp3) is 0.235. The minimum absolute atomic E-state index is 0.409. The van der Waals surface area contributed by atoms with Crippen LogP contribution in [0.3, 0.4) is 0 Å². The maximum Gasteiger partial charge on any atom is 0.321 e. The second-order valence-electron chi connectivity index (χ2n) is 5.62. The Morgan fingerprint density at radius 1 is 1.15 bits per heavy atom. The summed E-state index contributed by atoms with van der Waals surface area (Å²) in [6, 6.07) is 10.5. The van der Waals surface area contributed by atoms with Gasteiger partial charge in [0.05, 0.1) is 0 Å². The van der Waals surface area contributed by atoms with E-state index in [1.54, 1.807) is 4.52 Å². The molecule has 9 heteroatoms. The smallest absolute Gasteiger partial charge is 0.321 e. The Morgan fingerprint density at radius 3 is 2.58 bits per heavy atom. The standard InChI is InChI=1S/C17H18N6O2S/c1-10-9-11(2)23-15(19-10)21-17(22-23)26-13(12-7-5-4-6-8-12)14(24)20-16(25)18-3/h4-9,13H,1-3H3,(H2,18,20,24,25)/t13-/m1/s1. The van der Waals surface area contributed by atoms with Gasteiger partial charge < -0.3 is 5.32 Å². The first-order valence-corrected chi connectivity index (χ1v) is 8.81. The van der Waals surface area contributed by atoms with E-state index in [2.05, 4.69) is 25.7 Å². The first-order valence-electron chi connectivity index (χ1n) is 7.93. The zero-order valence-electron chi connectivity index (χ0n) is 14.6. The Labute approximate surface area is 154 Å². The van der Waals surface area contributed by atoms with E-state index >= 15 is 0 Å². The number of aryl methyl sites for hydroxylation is 2. The molecule has 0 radical (unpaired) electrons. The molecule has 0 spiro atoms. The minimum atomic E-state index is -0.674. The first-order chi connectivity index (χ1) is 12.5. The van der Waals surface area contributed by atoms with Gasteiger partial charge in [0, 0.05) is 18.4 Å². The molecule has 0 aliphatic heterocycles. The zero-order chi connectivity index (χ0) is 18.7. The van der Waals surface area contributed by atoms with Gasteiger partial charge >= 0.3 is 6.03 Å². The molecule has 0 bridgehead atoms. The van der Waals surface area contributed by atoms with Gasteiger partial charge in [0.2, 0.25) is 11.1 Å². The van der Waals surface area contributed by atoms with Crippen LogP contribution in [0.4, 0.5) is 4.79 Å². The normalized spacial score (nSPS) is 12.0. The number of hydrogen-bond donors (Lipinski definition) is 2. The molecule has 1 aromatic carbocycles. The molecule has 2 heterocycles. The van der Waals surface area contributed by atoms with Crippen LogP contribution >= 0.6 is 11.8 Å². The highest BCUT2D eigenvalue weighted by Gasteiger charge is 2.25. The van der Waals surface area contributed by atoms with Gasteiger partial charge in [-0.25, -0.2) is 14.3 Å². The topological polar surface area (TPSA) is 101 Å². The van der Waals surface area contributed by atoms with Crippen LogP contribution in [-0.4, -0.2) is 38.6 Å². The highest BCUT2D eigenvalue weighted by Crippen LogP contribution is 2.33. The largest absolute Gasteiger partial charge is 0.341 e. The molecule has 3 rings (SSSR count). The lowest BCUT2D eigenvalue weighted by Crippen LogP contribution is -2.39. The van der Waals surface area contributed by atoms with Crippen molar-refractivity contribution in [3.63, 3.8) is 0 Å². The van der Waals surface area contributed by atoms with Crippen molar-refractivity contribution >= 4 is 29.5 Å². The van der Waals surface area contributed by atoms with Crippen molar-refractivity contribution in [3.8, 4) is 0 Å². The van der Waals surface area contributed by atoms with E-state index in [0.29, 0.717) is 10.9 Å². The van der Waals surface area contributed by atoms with Crippen LogP contribution in [0.2, 0.25) is 0 Å². The van der Waals surface area contributed by atoms with E-state index in [1.807, 2.05) is 50.2 Å². The summed E-state index contributed by atoms with van der Waals surface area (Å²) < 4.78 is 1.63. The molecule has 134 valence electrons. The van der Waals surface area contributed by atoms with Gasteiger partial charge in [0.1, 0.15) is 5.25 Å². The van der Waals surface area contributed by atoms with Gasteiger partial charge in [-0.3, -0.25) is 10.1 Å². The third kappa shape index (κ3) is 3.83. The summed E-state index contributed by atoms with van der Waals surface area (Å²) in [6.07, 6.45) is 0. The number of urea groups is 1. The Balaban J connectivity index is 1.94. The predicted molar refractivity (Wildman–Crippen MR) is 97.9 cm³/mol. The molecular formula is C17H18N6O2S. The van der Waals surface area contributed by atoms with Crippen LogP contribution < -0.4 is 10.6 Å². The molecule has 2 aromatic heterocycles. The fourth-order valence-corrected chi connectivity index (χ4v) is 3.38. The van der Waals surface area contributed by atoms with Crippen LogP contribution in [0.1, 0.15) is 22.2 Å². The van der Waals surface area contributed by atoms with Crippen LogP contribution in [0.25, 0.3) is 5.78 Å². The average Bonchev–Trinajstić information content (AvgIpc) is 3.03. The number of fused-ring (bicyclic) bond motifs is 1. The van der Waals surface area contributed by atoms with E-state index < -0.39 is 17.2 Å². The molecule has 0 unspecified atom stereocenters. The van der Waals surface area contributed by atoms with Gasteiger partial charge in [-0.05, 0) is 25.5 Å². The molecule has 26 heavy (non-hydrogen) atoms. The molecule has 3 amide bonds. The SMILES string of the molecule is CNC(=O)NC(=O)[C@H](Sc1nc2nc(C)cc(C)n2n1)c1ccccc1. The van der Waals surface area contributed by atoms with Gasteiger partial charge in [0.15, 0.2) is 0 Å². The Hall–Kier alpha value is -2.94. The lowest BCUT2D eigenvalue weighted by molar-refractivity contribution is -0.119. The van der Waals surface area contributed by atoms with E-state index in [9.17, 15) is 9.59 Å². The average molecular weight is 370 g/mol. The van der Waals surface area contributed by atoms with Crippen molar-refractivity contribution < 1.29 is 9.59 Å². The number of nitrogens with zero attached hydrogens (tertiary/aromatic N) is 4.